The number of hydrogen-bond acceptors (Lipinski definition) is 5. The number of carbonyl (C=O) groups excluding carboxylic acids is 2. The maximum atomic E-state index is 12.4. The van der Waals surface area contributed by atoms with Gasteiger partial charge in [-0.25, -0.2) is 0 Å². The van der Waals surface area contributed by atoms with Crippen LogP contribution in [0.4, 0.5) is 0 Å². The Morgan fingerprint density at radius 1 is 1.17 bits per heavy atom. The highest BCUT2D eigenvalue weighted by Gasteiger charge is 2.30. The second kappa shape index (κ2) is 11.0. The second-order valence-corrected chi connectivity index (χ2v) is 8.17. The number of nitrogens with two attached hydrogens (primary N) is 2. The third-order valence-corrected chi connectivity index (χ3v) is 5.65. The Morgan fingerprint density at radius 2 is 1.90 bits per heavy atom. The predicted molar refractivity (Wildman–Crippen MR) is 109 cm³/mol. The Bertz CT molecular complexity index is 622. The van der Waals surface area contributed by atoms with Crippen molar-refractivity contribution in [1.82, 2.24) is 16.0 Å². The van der Waals surface area contributed by atoms with Gasteiger partial charge in [-0.05, 0) is 39.0 Å². The number of aliphatic carboxylic acids is 1. The lowest BCUT2D eigenvalue weighted by Crippen LogP contribution is -2.56. The number of guanidine groups is 1. The predicted octanol–water partition coefficient (Wildman–Crippen LogP) is -0.575. The highest BCUT2D eigenvalue weighted by atomic mass is 16.4. The van der Waals surface area contributed by atoms with Gasteiger partial charge in [-0.1, -0.05) is 12.8 Å². The van der Waals surface area contributed by atoms with E-state index in [1.54, 1.807) is 0 Å². The summed E-state index contributed by atoms with van der Waals surface area (Å²) in [6.45, 7) is 1.87. The summed E-state index contributed by atoms with van der Waals surface area (Å²) in [6, 6.07) is -0.391. The quantitative estimate of drug-likeness (QED) is 0.229. The lowest BCUT2D eigenvalue weighted by molar-refractivity contribution is -0.138. The van der Waals surface area contributed by atoms with Crippen LogP contribution in [0, 0.1) is 5.92 Å². The Kier molecular flexibility index (Phi) is 8.69. The number of carboxylic acids is 1. The van der Waals surface area contributed by atoms with E-state index in [1.165, 1.54) is 0 Å². The lowest BCUT2D eigenvalue weighted by atomic mass is 9.85. The molecule has 10 nitrogen and oxygen atoms in total. The minimum Gasteiger partial charge on any atom is -0.481 e. The number of amides is 2. The van der Waals surface area contributed by atoms with Crippen molar-refractivity contribution >= 4 is 23.7 Å². The molecule has 8 N–H and O–H groups in total. The van der Waals surface area contributed by atoms with Crippen molar-refractivity contribution in [2.24, 2.45) is 22.4 Å². The molecule has 1 saturated heterocycles. The first-order chi connectivity index (χ1) is 13.7. The molecule has 2 rings (SSSR count). The van der Waals surface area contributed by atoms with Gasteiger partial charge in [0.1, 0.15) is 0 Å². The third kappa shape index (κ3) is 7.88. The van der Waals surface area contributed by atoms with E-state index < -0.39 is 12.0 Å². The summed E-state index contributed by atoms with van der Waals surface area (Å²) < 4.78 is 0. The van der Waals surface area contributed by atoms with Crippen LogP contribution < -0.4 is 27.4 Å². The van der Waals surface area contributed by atoms with Crippen LogP contribution in [-0.2, 0) is 14.4 Å². The minimum absolute atomic E-state index is 0.0190. The zero-order chi connectivity index (χ0) is 21.4. The SMILES string of the molecule is CC1CCCC(C(CC(=O)O)NC(=O)CNC(=O)C2CCCC(N=C(N)N)C2)N1. The topological polar surface area (TPSA) is 172 Å². The molecular formula is C19H34N6O4. The summed E-state index contributed by atoms with van der Waals surface area (Å²) in [5.74, 6) is -1.77. The van der Waals surface area contributed by atoms with Gasteiger partial charge in [0.05, 0.1) is 25.0 Å². The van der Waals surface area contributed by atoms with Crippen LogP contribution in [-0.4, -0.2) is 59.6 Å². The second-order valence-electron chi connectivity index (χ2n) is 8.17. The van der Waals surface area contributed by atoms with Crippen molar-refractivity contribution < 1.29 is 19.5 Å². The summed E-state index contributed by atoms with van der Waals surface area (Å²) in [4.78, 5) is 40.1. The highest BCUT2D eigenvalue weighted by Crippen LogP contribution is 2.26. The fourth-order valence-electron chi connectivity index (χ4n) is 4.28. The number of carboxylic acid groups (broad SMARTS) is 1. The summed E-state index contributed by atoms with van der Waals surface area (Å²) in [5.41, 5.74) is 10.8. The van der Waals surface area contributed by atoms with Gasteiger partial charge in [-0.15, -0.1) is 0 Å². The van der Waals surface area contributed by atoms with Gasteiger partial charge in [0, 0.05) is 18.0 Å². The number of nitrogens with one attached hydrogen (secondary N) is 3. The van der Waals surface area contributed by atoms with Crippen molar-refractivity contribution in [3.8, 4) is 0 Å². The maximum absolute atomic E-state index is 12.4. The van der Waals surface area contributed by atoms with Crippen LogP contribution in [0.15, 0.2) is 4.99 Å². The number of piperidine rings is 1. The van der Waals surface area contributed by atoms with Crippen molar-refractivity contribution in [3.63, 3.8) is 0 Å². The van der Waals surface area contributed by atoms with E-state index in [-0.39, 0.29) is 54.8 Å². The molecule has 0 aromatic carbocycles. The number of rotatable bonds is 8. The summed E-state index contributed by atoms with van der Waals surface area (Å²) in [6.07, 6.45) is 5.63. The Balaban J connectivity index is 1.83. The molecule has 2 fully saturated rings. The molecular weight excluding hydrogens is 376 g/mol. The van der Waals surface area contributed by atoms with Crippen LogP contribution in [0.2, 0.25) is 0 Å². The Morgan fingerprint density at radius 3 is 2.55 bits per heavy atom. The molecule has 5 unspecified atom stereocenters. The molecule has 1 aliphatic carbocycles. The van der Waals surface area contributed by atoms with Gasteiger partial charge >= 0.3 is 5.97 Å². The molecule has 1 saturated carbocycles. The molecule has 10 heteroatoms. The third-order valence-electron chi connectivity index (χ3n) is 5.65. The van der Waals surface area contributed by atoms with Crippen LogP contribution in [0.25, 0.3) is 0 Å². The van der Waals surface area contributed by atoms with E-state index in [4.69, 9.17) is 11.5 Å². The van der Waals surface area contributed by atoms with Gasteiger partial charge in [0.25, 0.3) is 0 Å². The van der Waals surface area contributed by atoms with Gasteiger partial charge in [0.15, 0.2) is 5.96 Å². The van der Waals surface area contributed by atoms with Gasteiger partial charge in [-0.3, -0.25) is 19.4 Å². The highest BCUT2D eigenvalue weighted by molar-refractivity contribution is 5.86. The average molecular weight is 411 g/mol. The van der Waals surface area contributed by atoms with E-state index in [1.807, 2.05) is 6.92 Å². The zero-order valence-corrected chi connectivity index (χ0v) is 17.0. The Labute approximate surface area is 171 Å². The summed E-state index contributed by atoms with van der Waals surface area (Å²) >= 11 is 0. The number of nitrogens with zero attached hydrogens (tertiary/aromatic N) is 1. The molecule has 0 aromatic heterocycles. The smallest absolute Gasteiger partial charge is 0.305 e. The molecule has 29 heavy (non-hydrogen) atoms. The standard InChI is InChI=1S/C19H34N6O4/c1-11-4-2-7-14(23-11)15(9-17(27)28)25-16(26)10-22-18(29)12-5-3-6-13(8-12)24-19(20)21/h11-15,23H,2-10H2,1H3,(H,22,29)(H,25,26)(H,27,28)(H4,20,21,24). The fraction of sp³-hybridized carbons (Fsp3) is 0.789. The number of carbonyl (C=O) groups is 3. The van der Waals surface area contributed by atoms with Crippen LogP contribution >= 0.6 is 0 Å². The molecule has 0 bridgehead atoms. The van der Waals surface area contributed by atoms with E-state index in [0.717, 1.165) is 38.5 Å². The maximum Gasteiger partial charge on any atom is 0.305 e. The first-order valence-electron chi connectivity index (χ1n) is 10.4. The van der Waals surface area contributed by atoms with Crippen molar-refractivity contribution in [2.45, 2.75) is 82.5 Å². The van der Waals surface area contributed by atoms with E-state index in [0.29, 0.717) is 6.42 Å². The molecule has 5 atom stereocenters. The van der Waals surface area contributed by atoms with Crippen LogP contribution in [0.1, 0.15) is 58.3 Å². The molecule has 164 valence electrons. The van der Waals surface area contributed by atoms with Gasteiger partial charge < -0.3 is 32.5 Å². The van der Waals surface area contributed by atoms with Crippen molar-refractivity contribution in [2.75, 3.05) is 6.54 Å². The number of aliphatic imine (C=N–C) groups is 1. The molecule has 0 radical (unpaired) electrons. The average Bonchev–Trinajstić information content (AvgIpc) is 2.65. The Hall–Kier alpha value is -2.36. The molecule has 1 heterocycles. The minimum atomic E-state index is -0.965. The van der Waals surface area contributed by atoms with E-state index in [2.05, 4.69) is 20.9 Å². The molecule has 0 spiro atoms. The zero-order valence-electron chi connectivity index (χ0n) is 17.0. The van der Waals surface area contributed by atoms with Crippen molar-refractivity contribution in [3.05, 3.63) is 0 Å². The normalized spacial score (nSPS) is 28.0. The van der Waals surface area contributed by atoms with Crippen molar-refractivity contribution in [1.29, 1.82) is 0 Å². The first kappa shape index (κ1) is 22.9. The van der Waals surface area contributed by atoms with E-state index >= 15 is 0 Å². The summed E-state index contributed by atoms with van der Waals surface area (Å²) in [5, 5.41) is 18.0. The van der Waals surface area contributed by atoms with Crippen LogP contribution in [0.5, 0.6) is 0 Å². The van der Waals surface area contributed by atoms with E-state index in [9.17, 15) is 19.5 Å². The first-order valence-corrected chi connectivity index (χ1v) is 10.4. The molecule has 0 aromatic rings. The summed E-state index contributed by atoms with van der Waals surface area (Å²) in [7, 11) is 0. The largest absolute Gasteiger partial charge is 0.481 e. The van der Waals surface area contributed by atoms with Gasteiger partial charge in [0.2, 0.25) is 11.8 Å². The molecule has 2 amide bonds. The van der Waals surface area contributed by atoms with Crippen LogP contribution in [0.3, 0.4) is 0 Å². The molecule has 2 aliphatic rings. The fourth-order valence-corrected chi connectivity index (χ4v) is 4.28. The molecule has 1 aliphatic heterocycles. The lowest BCUT2D eigenvalue weighted by Gasteiger charge is -2.34. The monoisotopic (exact) mass is 410 g/mol. The van der Waals surface area contributed by atoms with Gasteiger partial charge in [-0.2, -0.15) is 0 Å². The number of hydrogen-bond donors (Lipinski definition) is 6.